The molecule has 0 aromatic rings. The van der Waals surface area contributed by atoms with Gasteiger partial charge >= 0.3 is 5.97 Å². The first kappa shape index (κ1) is 15.4. The van der Waals surface area contributed by atoms with Gasteiger partial charge in [0.2, 0.25) is 0 Å². The zero-order chi connectivity index (χ0) is 13.8. The smallest absolute Gasteiger partial charge is 0.324 e. The predicted molar refractivity (Wildman–Crippen MR) is 70.8 cm³/mol. The van der Waals surface area contributed by atoms with Crippen molar-refractivity contribution in [3.63, 3.8) is 0 Å². The highest BCUT2D eigenvalue weighted by Crippen LogP contribution is 2.14. The minimum absolute atomic E-state index is 0.147. The van der Waals surface area contributed by atoms with Crippen molar-refractivity contribution in [3.8, 4) is 0 Å². The lowest BCUT2D eigenvalue weighted by Gasteiger charge is -2.38. The summed E-state index contributed by atoms with van der Waals surface area (Å²) in [5.41, 5.74) is -0.899. The molecule has 2 N–H and O–H groups in total. The molecule has 0 aliphatic carbocycles. The first-order valence-electron chi connectivity index (χ1n) is 6.72. The van der Waals surface area contributed by atoms with E-state index >= 15 is 0 Å². The van der Waals surface area contributed by atoms with E-state index in [1.807, 2.05) is 13.8 Å². The Labute approximate surface area is 109 Å². The first-order valence-corrected chi connectivity index (χ1v) is 6.72. The molecule has 5 heteroatoms. The van der Waals surface area contributed by atoms with Gasteiger partial charge in [0.25, 0.3) is 0 Å². The number of ether oxygens (including phenoxy) is 1. The van der Waals surface area contributed by atoms with Gasteiger partial charge in [-0.3, -0.25) is 15.0 Å². The summed E-state index contributed by atoms with van der Waals surface area (Å²) in [6, 6.07) is 0.147. The Bertz CT molecular complexity index is 283. The van der Waals surface area contributed by atoms with Crippen molar-refractivity contribution in [1.82, 2.24) is 10.2 Å². The van der Waals surface area contributed by atoms with E-state index in [4.69, 9.17) is 4.74 Å². The molecule has 1 rings (SSSR count). The molecule has 1 fully saturated rings. The monoisotopic (exact) mass is 258 g/mol. The fourth-order valence-electron chi connectivity index (χ4n) is 2.43. The third-order valence-electron chi connectivity index (χ3n) is 3.30. The van der Waals surface area contributed by atoms with Crippen molar-refractivity contribution >= 4 is 5.97 Å². The Morgan fingerprint density at radius 1 is 1.61 bits per heavy atom. The Hall–Kier alpha value is -0.650. The van der Waals surface area contributed by atoms with Crippen molar-refractivity contribution in [1.29, 1.82) is 0 Å². The third-order valence-corrected chi connectivity index (χ3v) is 3.30. The van der Waals surface area contributed by atoms with Crippen molar-refractivity contribution < 1.29 is 14.6 Å². The maximum Gasteiger partial charge on any atom is 0.324 e. The Balaban J connectivity index is 2.63. The minimum Gasteiger partial charge on any atom is -0.480 e. The van der Waals surface area contributed by atoms with Crippen LogP contribution < -0.4 is 5.32 Å². The van der Waals surface area contributed by atoms with Crippen LogP contribution in [0.2, 0.25) is 0 Å². The number of hydrogen-bond acceptors (Lipinski definition) is 4. The second kappa shape index (κ2) is 6.50. The zero-order valence-corrected chi connectivity index (χ0v) is 11.9. The number of aliphatic carboxylic acids is 1. The van der Waals surface area contributed by atoms with E-state index in [2.05, 4.69) is 17.1 Å². The van der Waals surface area contributed by atoms with Gasteiger partial charge in [-0.1, -0.05) is 6.92 Å². The predicted octanol–water partition coefficient (Wildman–Crippen LogP) is 0.939. The van der Waals surface area contributed by atoms with Crippen molar-refractivity contribution in [2.75, 3.05) is 26.2 Å². The third kappa shape index (κ3) is 4.23. The first-order chi connectivity index (χ1) is 8.37. The minimum atomic E-state index is -0.899. The Morgan fingerprint density at radius 3 is 2.78 bits per heavy atom. The summed E-state index contributed by atoms with van der Waals surface area (Å²) in [7, 11) is 0. The lowest BCUT2D eigenvalue weighted by atomic mass is 10.00. The molecule has 0 radical (unpaired) electrons. The van der Waals surface area contributed by atoms with Gasteiger partial charge in [-0.2, -0.15) is 0 Å². The van der Waals surface area contributed by atoms with Crippen LogP contribution in [0.3, 0.4) is 0 Å². The highest BCUT2D eigenvalue weighted by molar-refractivity contribution is 5.78. The van der Waals surface area contributed by atoms with Gasteiger partial charge in [0.05, 0.1) is 12.7 Å². The van der Waals surface area contributed by atoms with E-state index in [0.29, 0.717) is 13.2 Å². The average molecular weight is 258 g/mol. The van der Waals surface area contributed by atoms with Gasteiger partial charge in [-0.25, -0.2) is 0 Å². The molecule has 0 saturated carbocycles. The van der Waals surface area contributed by atoms with Gasteiger partial charge < -0.3 is 9.84 Å². The topological polar surface area (TPSA) is 61.8 Å². The van der Waals surface area contributed by atoms with Crippen LogP contribution in [0, 0.1) is 0 Å². The molecule has 2 unspecified atom stereocenters. The van der Waals surface area contributed by atoms with Crippen LogP contribution in [0.4, 0.5) is 0 Å². The molecule has 2 atom stereocenters. The number of nitrogens with one attached hydrogen (secondary N) is 1. The molecule has 18 heavy (non-hydrogen) atoms. The normalized spacial score (nSPS) is 25.1. The molecule has 1 aliphatic rings. The van der Waals surface area contributed by atoms with E-state index in [-0.39, 0.29) is 12.1 Å². The summed E-state index contributed by atoms with van der Waals surface area (Å²) >= 11 is 0. The number of carboxylic acids is 1. The number of morpholine rings is 1. The van der Waals surface area contributed by atoms with Gasteiger partial charge in [-0.05, 0) is 27.2 Å². The average Bonchev–Trinajstić information content (AvgIpc) is 2.27. The Morgan fingerprint density at radius 2 is 2.28 bits per heavy atom. The highest BCUT2D eigenvalue weighted by atomic mass is 16.5. The van der Waals surface area contributed by atoms with Crippen LogP contribution in [0.25, 0.3) is 0 Å². The van der Waals surface area contributed by atoms with Crippen molar-refractivity contribution in [3.05, 3.63) is 0 Å². The molecule has 5 nitrogen and oxygen atoms in total. The van der Waals surface area contributed by atoms with E-state index in [9.17, 15) is 9.90 Å². The maximum absolute atomic E-state index is 11.5. The second-order valence-corrected chi connectivity index (χ2v) is 5.57. The molecule has 0 bridgehead atoms. The number of carboxylic acid groups (broad SMARTS) is 1. The largest absolute Gasteiger partial charge is 0.480 e. The number of rotatable bonds is 6. The molecule has 106 valence electrons. The van der Waals surface area contributed by atoms with Crippen LogP contribution in [0.15, 0.2) is 0 Å². The van der Waals surface area contributed by atoms with Crippen molar-refractivity contribution in [2.45, 2.75) is 51.8 Å². The van der Waals surface area contributed by atoms with Crippen LogP contribution >= 0.6 is 0 Å². The number of carbonyl (C=O) groups is 1. The molecule has 1 heterocycles. The maximum atomic E-state index is 11.5. The van der Waals surface area contributed by atoms with E-state index < -0.39 is 11.5 Å². The fraction of sp³-hybridized carbons (Fsp3) is 0.923. The molecular formula is C13H26N2O3. The van der Waals surface area contributed by atoms with Crippen LogP contribution in [-0.4, -0.2) is 59.9 Å². The number of nitrogens with zero attached hydrogens (tertiary/aromatic N) is 1. The van der Waals surface area contributed by atoms with Gasteiger partial charge in [0, 0.05) is 25.7 Å². The molecule has 0 aromatic carbocycles. The molecule has 0 spiro atoms. The summed E-state index contributed by atoms with van der Waals surface area (Å²) in [5, 5.41) is 12.6. The number of hydrogen-bond donors (Lipinski definition) is 2. The van der Waals surface area contributed by atoms with Gasteiger partial charge in [-0.15, -0.1) is 0 Å². The standard InChI is InChI=1S/C13H26N2O3/c1-5-11-8-15(6-7-18-11)9-13(4,12(16)17)14-10(2)3/h10-11,14H,5-9H2,1-4H3,(H,16,17). The molecule has 1 saturated heterocycles. The van der Waals surface area contributed by atoms with Crippen LogP contribution in [-0.2, 0) is 9.53 Å². The van der Waals surface area contributed by atoms with Crippen molar-refractivity contribution in [2.24, 2.45) is 0 Å². The summed E-state index contributed by atoms with van der Waals surface area (Å²) in [5.74, 6) is -0.796. The lowest BCUT2D eigenvalue weighted by Crippen LogP contribution is -2.60. The molecule has 1 aliphatic heterocycles. The van der Waals surface area contributed by atoms with Crippen LogP contribution in [0.5, 0.6) is 0 Å². The molecule has 0 aromatic heterocycles. The molecule has 0 amide bonds. The summed E-state index contributed by atoms with van der Waals surface area (Å²) in [6.45, 7) is 10.6. The SMILES string of the molecule is CCC1CN(CC(C)(NC(C)C)C(=O)O)CCO1. The van der Waals surface area contributed by atoms with Crippen LogP contribution in [0.1, 0.15) is 34.1 Å². The summed E-state index contributed by atoms with van der Waals surface area (Å²) in [4.78, 5) is 13.6. The Kier molecular flexibility index (Phi) is 5.56. The summed E-state index contributed by atoms with van der Waals surface area (Å²) in [6.07, 6.45) is 1.20. The van der Waals surface area contributed by atoms with E-state index in [0.717, 1.165) is 19.5 Å². The zero-order valence-electron chi connectivity index (χ0n) is 11.9. The highest BCUT2D eigenvalue weighted by Gasteiger charge is 2.36. The molecular weight excluding hydrogens is 232 g/mol. The fourth-order valence-corrected chi connectivity index (χ4v) is 2.43. The second-order valence-electron chi connectivity index (χ2n) is 5.57. The quantitative estimate of drug-likeness (QED) is 0.742. The summed E-state index contributed by atoms with van der Waals surface area (Å²) < 4.78 is 5.60. The lowest BCUT2D eigenvalue weighted by molar-refractivity contribution is -0.146. The van der Waals surface area contributed by atoms with E-state index in [1.165, 1.54) is 0 Å². The van der Waals surface area contributed by atoms with E-state index in [1.54, 1.807) is 6.92 Å². The van der Waals surface area contributed by atoms with Gasteiger partial charge in [0.1, 0.15) is 5.54 Å². The van der Waals surface area contributed by atoms with Gasteiger partial charge in [0.15, 0.2) is 0 Å².